The van der Waals surface area contributed by atoms with Crippen LogP contribution in [0.5, 0.6) is 0 Å². The third-order valence-electron chi connectivity index (χ3n) is 4.65. The van der Waals surface area contributed by atoms with Gasteiger partial charge in [-0.2, -0.15) is 0 Å². The van der Waals surface area contributed by atoms with Crippen molar-refractivity contribution in [1.29, 1.82) is 0 Å². The number of rotatable bonds is 5. The number of hydrazine groups is 1. The third kappa shape index (κ3) is 5.07. The van der Waals surface area contributed by atoms with E-state index < -0.39 is 0 Å². The Balaban J connectivity index is 1.35. The predicted molar refractivity (Wildman–Crippen MR) is 101 cm³/mol. The van der Waals surface area contributed by atoms with E-state index in [1.165, 1.54) is 10.6 Å². The smallest absolute Gasteiger partial charge is 0.269 e. The first-order chi connectivity index (χ1) is 12.7. The van der Waals surface area contributed by atoms with Crippen LogP contribution in [0.1, 0.15) is 16.8 Å². The number of carbonyl (C=O) groups is 2. The second-order valence-electron chi connectivity index (χ2n) is 6.44. The highest BCUT2D eigenvalue weighted by Crippen LogP contribution is 2.12. The minimum absolute atomic E-state index is 0.160. The summed E-state index contributed by atoms with van der Waals surface area (Å²) in [5.74, 6) is -0.463. The molecule has 3 rings (SSSR count). The number of hydrogen-bond donors (Lipinski definition) is 3. The molecule has 2 aromatic rings. The monoisotopic (exact) mass is 353 g/mol. The molecule has 3 N–H and O–H groups in total. The number of quaternary nitrogens is 1. The molecule has 0 unspecified atom stereocenters. The highest BCUT2D eigenvalue weighted by molar-refractivity contribution is 5.95. The maximum absolute atomic E-state index is 12.0. The Labute approximate surface area is 153 Å². The summed E-state index contributed by atoms with van der Waals surface area (Å²) >= 11 is 0. The molecule has 0 saturated carbocycles. The van der Waals surface area contributed by atoms with Crippen molar-refractivity contribution >= 4 is 17.5 Å². The van der Waals surface area contributed by atoms with Gasteiger partial charge in [0.05, 0.1) is 39.1 Å². The Bertz CT molecular complexity index is 713. The Hall–Kier alpha value is -2.86. The van der Waals surface area contributed by atoms with Crippen molar-refractivity contribution < 1.29 is 14.5 Å². The van der Waals surface area contributed by atoms with Crippen LogP contribution >= 0.6 is 0 Å². The minimum Gasteiger partial charge on any atom is -0.360 e. The average molecular weight is 353 g/mol. The zero-order valence-electron chi connectivity index (χ0n) is 14.8. The maximum Gasteiger partial charge on any atom is 0.269 e. The Kier molecular flexibility index (Phi) is 6.22. The van der Waals surface area contributed by atoms with Gasteiger partial charge in [-0.3, -0.25) is 20.4 Å². The molecule has 26 heavy (non-hydrogen) atoms. The summed E-state index contributed by atoms with van der Waals surface area (Å²) < 4.78 is 0. The molecular formula is C20H25N4O2+. The molecule has 0 aromatic heterocycles. The first-order valence-electron chi connectivity index (χ1n) is 9.00. The number of hydrogen-bond acceptors (Lipinski definition) is 3. The predicted octanol–water partition coefficient (Wildman–Crippen LogP) is 0.243. The highest BCUT2D eigenvalue weighted by atomic mass is 16.2. The summed E-state index contributed by atoms with van der Waals surface area (Å²) in [5.41, 5.74) is 6.73. The van der Waals surface area contributed by atoms with Gasteiger partial charge >= 0.3 is 0 Å². The van der Waals surface area contributed by atoms with Crippen LogP contribution < -0.4 is 20.7 Å². The van der Waals surface area contributed by atoms with Gasteiger partial charge in [-0.1, -0.05) is 36.4 Å². The van der Waals surface area contributed by atoms with Crippen molar-refractivity contribution in [2.45, 2.75) is 6.42 Å². The van der Waals surface area contributed by atoms with Gasteiger partial charge < -0.3 is 9.80 Å². The Morgan fingerprint density at radius 1 is 0.885 bits per heavy atom. The molecule has 0 radical (unpaired) electrons. The van der Waals surface area contributed by atoms with E-state index in [1.54, 1.807) is 24.3 Å². The summed E-state index contributed by atoms with van der Waals surface area (Å²) in [6.45, 7) is 4.78. The molecule has 0 atom stereocenters. The van der Waals surface area contributed by atoms with Crippen molar-refractivity contribution in [2.75, 3.05) is 37.6 Å². The van der Waals surface area contributed by atoms with Crippen molar-refractivity contribution in [3.63, 3.8) is 0 Å². The number of para-hydroxylation sites is 1. The van der Waals surface area contributed by atoms with Gasteiger partial charge in [0.2, 0.25) is 5.91 Å². The van der Waals surface area contributed by atoms with Gasteiger partial charge in [0.1, 0.15) is 0 Å². The van der Waals surface area contributed by atoms with Gasteiger partial charge in [0, 0.05) is 11.3 Å². The topological polar surface area (TPSA) is 65.9 Å². The zero-order valence-corrected chi connectivity index (χ0v) is 14.8. The summed E-state index contributed by atoms with van der Waals surface area (Å²) in [6.07, 6.45) is 0.399. The van der Waals surface area contributed by atoms with Crippen LogP contribution in [-0.2, 0) is 4.79 Å². The number of nitrogens with zero attached hydrogens (tertiary/aromatic N) is 1. The molecular weight excluding hydrogens is 328 g/mol. The lowest BCUT2D eigenvalue weighted by Gasteiger charge is -2.33. The SMILES string of the molecule is O=C(CC[NH+]1CCN(c2ccccc2)CC1)NNC(=O)c1ccccc1. The van der Waals surface area contributed by atoms with Crippen molar-refractivity contribution in [3.8, 4) is 0 Å². The standard InChI is InChI=1S/C20H24N4O2/c25-19(21-22-20(26)17-7-3-1-4-8-17)11-12-23-13-15-24(16-14-23)18-9-5-2-6-10-18/h1-10H,11-16H2,(H,21,25)(H,22,26)/p+1. The molecule has 6 heteroatoms. The lowest BCUT2D eigenvalue weighted by molar-refractivity contribution is -0.900. The molecule has 0 aliphatic carbocycles. The van der Waals surface area contributed by atoms with Gasteiger partial charge in [0.25, 0.3) is 5.91 Å². The first-order valence-corrected chi connectivity index (χ1v) is 9.00. The number of amides is 2. The molecule has 1 aliphatic rings. The van der Waals surface area contributed by atoms with Crippen LogP contribution in [0.3, 0.4) is 0 Å². The van der Waals surface area contributed by atoms with Crippen molar-refractivity contribution in [3.05, 3.63) is 66.2 Å². The summed E-state index contributed by atoms with van der Waals surface area (Å²) in [7, 11) is 0. The molecule has 1 heterocycles. The number of nitrogens with one attached hydrogen (secondary N) is 3. The van der Waals surface area contributed by atoms with Crippen molar-refractivity contribution in [2.24, 2.45) is 0 Å². The van der Waals surface area contributed by atoms with Crippen LogP contribution in [0, 0.1) is 0 Å². The summed E-state index contributed by atoms with van der Waals surface area (Å²) in [5, 5.41) is 0. The minimum atomic E-state index is -0.303. The molecule has 1 saturated heterocycles. The van der Waals surface area contributed by atoms with Crippen LogP contribution in [0.2, 0.25) is 0 Å². The molecule has 6 nitrogen and oxygen atoms in total. The summed E-state index contributed by atoms with van der Waals surface area (Å²) in [4.78, 5) is 27.6. The molecule has 1 aliphatic heterocycles. The number of carbonyl (C=O) groups excluding carboxylic acids is 2. The average Bonchev–Trinajstić information content (AvgIpc) is 2.72. The second-order valence-corrected chi connectivity index (χ2v) is 6.44. The second kappa shape index (κ2) is 9.01. The van der Waals surface area contributed by atoms with E-state index in [1.807, 2.05) is 12.1 Å². The largest absolute Gasteiger partial charge is 0.360 e. The normalized spacial score (nSPS) is 14.7. The lowest BCUT2D eigenvalue weighted by Crippen LogP contribution is -3.15. The van der Waals surface area contributed by atoms with E-state index in [0.29, 0.717) is 12.0 Å². The van der Waals surface area contributed by atoms with Crippen LogP contribution in [0.25, 0.3) is 0 Å². The molecule has 2 aromatic carbocycles. The molecule has 0 spiro atoms. The molecule has 1 fully saturated rings. The molecule has 2 amide bonds. The van der Waals surface area contributed by atoms with E-state index in [-0.39, 0.29) is 11.8 Å². The van der Waals surface area contributed by atoms with Crippen LogP contribution in [0.4, 0.5) is 5.69 Å². The molecule has 136 valence electrons. The zero-order chi connectivity index (χ0) is 18.2. The van der Waals surface area contributed by atoms with Gasteiger partial charge in [0.15, 0.2) is 0 Å². The highest BCUT2D eigenvalue weighted by Gasteiger charge is 2.20. The Morgan fingerprint density at radius 2 is 1.50 bits per heavy atom. The van der Waals surface area contributed by atoms with E-state index in [2.05, 4.69) is 40.0 Å². The van der Waals surface area contributed by atoms with Gasteiger partial charge in [-0.05, 0) is 24.3 Å². The van der Waals surface area contributed by atoms with E-state index in [0.717, 1.165) is 32.7 Å². The maximum atomic E-state index is 12.0. The fourth-order valence-electron chi connectivity index (χ4n) is 3.11. The first kappa shape index (κ1) is 17.9. The quantitative estimate of drug-likeness (QED) is 0.675. The van der Waals surface area contributed by atoms with E-state index in [9.17, 15) is 9.59 Å². The number of benzene rings is 2. The third-order valence-corrected chi connectivity index (χ3v) is 4.65. The summed E-state index contributed by atoms with van der Waals surface area (Å²) in [6, 6.07) is 19.2. The van der Waals surface area contributed by atoms with Gasteiger partial charge in [-0.15, -0.1) is 0 Å². The molecule has 0 bridgehead atoms. The number of piperazine rings is 1. The van der Waals surface area contributed by atoms with Crippen LogP contribution in [0.15, 0.2) is 60.7 Å². The Morgan fingerprint density at radius 3 is 2.15 bits per heavy atom. The fourth-order valence-corrected chi connectivity index (χ4v) is 3.11. The lowest BCUT2D eigenvalue weighted by atomic mass is 10.2. The van der Waals surface area contributed by atoms with Gasteiger partial charge in [-0.25, -0.2) is 0 Å². The van der Waals surface area contributed by atoms with E-state index >= 15 is 0 Å². The van der Waals surface area contributed by atoms with E-state index in [4.69, 9.17) is 0 Å². The number of anilines is 1. The fraction of sp³-hybridized carbons (Fsp3) is 0.300. The van der Waals surface area contributed by atoms with Crippen molar-refractivity contribution in [1.82, 2.24) is 10.9 Å². The van der Waals surface area contributed by atoms with Crippen LogP contribution in [-0.4, -0.2) is 44.5 Å².